The zero-order chi connectivity index (χ0) is 15.6. The maximum absolute atomic E-state index is 10.7. The molecule has 0 aromatic heterocycles. The normalized spacial score (nSPS) is 11.3. The first kappa shape index (κ1) is 15.4. The summed E-state index contributed by atoms with van der Waals surface area (Å²) < 4.78 is 0. The number of rotatable bonds is 4. The molecule has 0 aliphatic heterocycles. The molecule has 21 heavy (non-hydrogen) atoms. The average molecular weight is 285 g/mol. The van der Waals surface area contributed by atoms with Crippen LogP contribution in [0.2, 0.25) is 0 Å². The van der Waals surface area contributed by atoms with Gasteiger partial charge >= 0.3 is 0 Å². The van der Waals surface area contributed by atoms with Gasteiger partial charge in [-0.15, -0.1) is 0 Å². The van der Waals surface area contributed by atoms with Crippen LogP contribution < -0.4 is 15.5 Å². The van der Waals surface area contributed by atoms with Gasteiger partial charge in [0.1, 0.15) is 0 Å². The molecular formula is C17H23N3O. The fraction of sp³-hybridized carbons (Fsp3) is 0.294. The van der Waals surface area contributed by atoms with E-state index in [1.807, 2.05) is 86.5 Å². The van der Waals surface area contributed by atoms with Crippen LogP contribution in [0.15, 0.2) is 48.5 Å². The summed E-state index contributed by atoms with van der Waals surface area (Å²) >= 11 is 0. The van der Waals surface area contributed by atoms with Gasteiger partial charge in [-0.3, -0.25) is 5.73 Å². The Labute approximate surface area is 126 Å². The zero-order valence-corrected chi connectivity index (χ0v) is 13.0. The molecule has 3 N–H and O–H groups in total. The molecule has 0 heterocycles. The second-order valence-corrected chi connectivity index (χ2v) is 5.65. The third-order valence-corrected chi connectivity index (χ3v) is 3.65. The number of anilines is 2. The molecule has 0 atom stereocenters. The Kier molecular flexibility index (Phi) is 4.21. The molecule has 112 valence electrons. The van der Waals surface area contributed by atoms with Gasteiger partial charge < -0.3 is 14.9 Å². The smallest absolute Gasteiger partial charge is 0.166 e. The van der Waals surface area contributed by atoms with Crippen molar-refractivity contribution >= 4 is 11.4 Å². The van der Waals surface area contributed by atoms with Crippen molar-refractivity contribution in [3.05, 3.63) is 59.7 Å². The molecule has 0 radical (unpaired) electrons. The Morgan fingerprint density at radius 1 is 0.714 bits per heavy atom. The molecule has 2 aromatic carbocycles. The molecule has 0 unspecified atom stereocenters. The minimum absolute atomic E-state index is 0.672. The Hall–Kier alpha value is -2.04. The summed E-state index contributed by atoms with van der Waals surface area (Å²) in [5, 5.41) is 10.7. The molecule has 0 bridgehead atoms. The minimum atomic E-state index is -1.49. The molecule has 0 spiro atoms. The summed E-state index contributed by atoms with van der Waals surface area (Å²) in [5.41, 5.74) is 8.13. The predicted molar refractivity (Wildman–Crippen MR) is 88.7 cm³/mol. The molecule has 0 saturated heterocycles. The third-order valence-electron chi connectivity index (χ3n) is 3.65. The van der Waals surface area contributed by atoms with E-state index in [0.717, 1.165) is 11.4 Å². The summed E-state index contributed by atoms with van der Waals surface area (Å²) in [6.07, 6.45) is 0. The van der Waals surface area contributed by atoms with Crippen LogP contribution in [0.25, 0.3) is 0 Å². The Morgan fingerprint density at radius 2 is 1.00 bits per heavy atom. The average Bonchev–Trinajstić information content (AvgIpc) is 2.47. The van der Waals surface area contributed by atoms with Gasteiger partial charge in [0.05, 0.1) is 0 Å². The molecule has 0 fully saturated rings. The van der Waals surface area contributed by atoms with Crippen molar-refractivity contribution in [2.45, 2.75) is 5.72 Å². The van der Waals surface area contributed by atoms with Crippen molar-refractivity contribution < 1.29 is 5.11 Å². The third kappa shape index (κ3) is 3.17. The van der Waals surface area contributed by atoms with E-state index in [-0.39, 0.29) is 0 Å². The number of aliphatic hydroxyl groups is 1. The molecule has 2 aromatic rings. The fourth-order valence-electron chi connectivity index (χ4n) is 2.19. The van der Waals surface area contributed by atoms with Gasteiger partial charge in [-0.05, 0) is 24.3 Å². The molecule has 0 aliphatic carbocycles. The number of nitrogens with two attached hydrogens (primary N) is 1. The first-order valence-electron chi connectivity index (χ1n) is 6.89. The lowest BCUT2D eigenvalue weighted by molar-refractivity contribution is 0.0884. The highest BCUT2D eigenvalue weighted by Gasteiger charge is 2.26. The molecule has 0 aliphatic rings. The zero-order valence-electron chi connectivity index (χ0n) is 13.0. The summed E-state index contributed by atoms with van der Waals surface area (Å²) in [7, 11) is 7.90. The molecule has 4 nitrogen and oxygen atoms in total. The fourth-order valence-corrected chi connectivity index (χ4v) is 2.19. The van der Waals surface area contributed by atoms with Crippen LogP contribution in [0.3, 0.4) is 0 Å². The van der Waals surface area contributed by atoms with E-state index < -0.39 is 5.72 Å². The summed E-state index contributed by atoms with van der Waals surface area (Å²) in [6.45, 7) is 0. The molecule has 0 amide bonds. The lowest BCUT2D eigenvalue weighted by Gasteiger charge is -2.26. The molecular weight excluding hydrogens is 262 g/mol. The van der Waals surface area contributed by atoms with E-state index >= 15 is 0 Å². The van der Waals surface area contributed by atoms with E-state index in [1.165, 1.54) is 0 Å². The topological polar surface area (TPSA) is 52.7 Å². The highest BCUT2D eigenvalue weighted by Crippen LogP contribution is 2.27. The summed E-state index contributed by atoms with van der Waals surface area (Å²) in [6, 6.07) is 15.2. The van der Waals surface area contributed by atoms with E-state index in [9.17, 15) is 5.11 Å². The second kappa shape index (κ2) is 5.76. The standard InChI is InChI=1S/C17H23N3O/c1-19(2)15-9-5-13(6-10-15)17(18,21)14-7-11-16(12-8-14)20(3)4/h5-12,21H,18H2,1-4H3. The largest absolute Gasteiger partial charge is 0.378 e. The molecule has 4 heteroatoms. The monoisotopic (exact) mass is 285 g/mol. The van der Waals surface area contributed by atoms with E-state index in [4.69, 9.17) is 5.73 Å². The number of hydrogen-bond donors (Lipinski definition) is 2. The van der Waals surface area contributed by atoms with Crippen LogP contribution in [-0.2, 0) is 5.72 Å². The van der Waals surface area contributed by atoms with Crippen LogP contribution in [0.4, 0.5) is 11.4 Å². The van der Waals surface area contributed by atoms with Gasteiger partial charge in [0.2, 0.25) is 0 Å². The van der Waals surface area contributed by atoms with Gasteiger partial charge in [0.25, 0.3) is 0 Å². The lowest BCUT2D eigenvalue weighted by Crippen LogP contribution is -2.37. The van der Waals surface area contributed by atoms with Gasteiger partial charge in [-0.2, -0.15) is 0 Å². The summed E-state index contributed by atoms with van der Waals surface area (Å²) in [5.74, 6) is 0. The lowest BCUT2D eigenvalue weighted by atomic mass is 9.95. The van der Waals surface area contributed by atoms with Gasteiger partial charge in [-0.25, -0.2) is 0 Å². The van der Waals surface area contributed by atoms with Crippen molar-refractivity contribution in [2.24, 2.45) is 5.73 Å². The second-order valence-electron chi connectivity index (χ2n) is 5.65. The van der Waals surface area contributed by atoms with Crippen molar-refractivity contribution in [1.29, 1.82) is 0 Å². The van der Waals surface area contributed by atoms with Gasteiger partial charge in [-0.1, -0.05) is 24.3 Å². The number of nitrogens with zero attached hydrogens (tertiary/aromatic N) is 2. The van der Waals surface area contributed by atoms with E-state index in [2.05, 4.69) is 0 Å². The minimum Gasteiger partial charge on any atom is -0.378 e. The first-order chi connectivity index (χ1) is 9.82. The summed E-state index contributed by atoms with van der Waals surface area (Å²) in [4.78, 5) is 4.01. The van der Waals surface area contributed by atoms with E-state index in [1.54, 1.807) is 0 Å². The van der Waals surface area contributed by atoms with Crippen LogP contribution in [0.1, 0.15) is 11.1 Å². The highest BCUT2D eigenvalue weighted by atomic mass is 16.3. The first-order valence-corrected chi connectivity index (χ1v) is 6.89. The quantitative estimate of drug-likeness (QED) is 0.843. The van der Waals surface area contributed by atoms with Crippen molar-refractivity contribution in [2.75, 3.05) is 38.0 Å². The molecule has 2 rings (SSSR count). The van der Waals surface area contributed by atoms with Crippen molar-refractivity contribution in [3.63, 3.8) is 0 Å². The predicted octanol–water partition coefficient (Wildman–Crippen LogP) is 1.97. The van der Waals surface area contributed by atoms with Crippen LogP contribution in [-0.4, -0.2) is 33.3 Å². The van der Waals surface area contributed by atoms with Crippen LogP contribution >= 0.6 is 0 Å². The van der Waals surface area contributed by atoms with Gasteiger partial charge in [0, 0.05) is 50.7 Å². The van der Waals surface area contributed by atoms with Gasteiger partial charge in [0.15, 0.2) is 5.72 Å². The SMILES string of the molecule is CN(C)c1ccc(C(N)(O)c2ccc(N(C)C)cc2)cc1. The van der Waals surface area contributed by atoms with Crippen LogP contribution in [0, 0.1) is 0 Å². The maximum Gasteiger partial charge on any atom is 0.166 e. The Balaban J connectivity index is 2.31. The number of hydrogen-bond acceptors (Lipinski definition) is 4. The van der Waals surface area contributed by atoms with E-state index in [0.29, 0.717) is 11.1 Å². The van der Waals surface area contributed by atoms with Crippen molar-refractivity contribution in [3.8, 4) is 0 Å². The highest BCUT2D eigenvalue weighted by molar-refractivity contribution is 5.51. The molecule has 0 saturated carbocycles. The van der Waals surface area contributed by atoms with Crippen molar-refractivity contribution in [1.82, 2.24) is 0 Å². The Bertz CT molecular complexity index is 533. The number of benzene rings is 2. The maximum atomic E-state index is 10.7. The van der Waals surface area contributed by atoms with Crippen LogP contribution in [0.5, 0.6) is 0 Å². The Morgan fingerprint density at radius 3 is 1.24 bits per heavy atom.